The predicted octanol–water partition coefficient (Wildman–Crippen LogP) is 3.17. The van der Waals surface area contributed by atoms with E-state index in [9.17, 15) is 21.6 Å². The van der Waals surface area contributed by atoms with E-state index < -0.39 is 32.5 Å². The lowest BCUT2D eigenvalue weighted by Gasteiger charge is -2.27. The van der Waals surface area contributed by atoms with Crippen molar-refractivity contribution in [2.75, 3.05) is 49.6 Å². The van der Waals surface area contributed by atoms with Crippen molar-refractivity contribution in [1.29, 1.82) is 0 Å². The van der Waals surface area contributed by atoms with E-state index in [0.717, 1.165) is 9.87 Å². The van der Waals surface area contributed by atoms with Crippen LogP contribution >= 0.6 is 0 Å². The Hall–Kier alpha value is -3.45. The molecule has 0 aliphatic carbocycles. The topological polar surface area (TPSA) is 122 Å². The molecular weight excluding hydrogens is 542 g/mol. The van der Waals surface area contributed by atoms with Gasteiger partial charge in [-0.05, 0) is 61.4 Å². The van der Waals surface area contributed by atoms with Gasteiger partial charge in [0.25, 0.3) is 10.0 Å². The number of anilines is 2. The highest BCUT2D eigenvalue weighted by Crippen LogP contribution is 2.31. The summed E-state index contributed by atoms with van der Waals surface area (Å²) in [6.45, 7) is 4.08. The van der Waals surface area contributed by atoms with Gasteiger partial charge in [-0.1, -0.05) is 30.3 Å². The van der Waals surface area contributed by atoms with Crippen molar-refractivity contribution in [3.63, 3.8) is 0 Å². The van der Waals surface area contributed by atoms with Gasteiger partial charge in [-0.25, -0.2) is 16.8 Å². The van der Waals surface area contributed by atoms with Crippen molar-refractivity contribution in [3.8, 4) is 5.75 Å². The first-order valence-electron chi connectivity index (χ1n) is 12.3. The van der Waals surface area contributed by atoms with E-state index in [1.165, 1.54) is 41.7 Å². The molecule has 1 fully saturated rings. The minimum atomic E-state index is -4.10. The molecule has 208 valence electrons. The van der Waals surface area contributed by atoms with E-state index in [2.05, 4.69) is 5.32 Å². The van der Waals surface area contributed by atoms with E-state index in [4.69, 9.17) is 9.47 Å². The Morgan fingerprint density at radius 2 is 1.67 bits per heavy atom. The minimum Gasteiger partial charge on any atom is -0.495 e. The second kappa shape index (κ2) is 11.7. The van der Waals surface area contributed by atoms with Crippen LogP contribution in [0.4, 0.5) is 11.4 Å². The van der Waals surface area contributed by atoms with Crippen LogP contribution in [0.3, 0.4) is 0 Å². The molecule has 0 bridgehead atoms. The maximum absolute atomic E-state index is 13.7. The molecule has 12 heteroatoms. The summed E-state index contributed by atoms with van der Waals surface area (Å²) in [5, 5.41) is 2.66. The molecule has 0 unspecified atom stereocenters. The molecule has 1 heterocycles. The van der Waals surface area contributed by atoms with E-state index in [1.807, 2.05) is 13.0 Å². The number of hydrogen-bond acceptors (Lipinski definition) is 7. The van der Waals surface area contributed by atoms with Crippen molar-refractivity contribution < 1.29 is 31.1 Å². The third kappa shape index (κ3) is 6.09. The molecule has 1 aliphatic heterocycles. The summed E-state index contributed by atoms with van der Waals surface area (Å²) in [6.07, 6.45) is 0. The number of sulfonamides is 2. The lowest BCUT2D eigenvalue weighted by Crippen LogP contribution is -2.40. The fraction of sp³-hybridized carbons (Fsp3) is 0.296. The van der Waals surface area contributed by atoms with Crippen LogP contribution in [0.15, 0.2) is 76.5 Å². The van der Waals surface area contributed by atoms with Crippen LogP contribution in [0.5, 0.6) is 5.75 Å². The molecule has 0 saturated carbocycles. The number of rotatable bonds is 9. The van der Waals surface area contributed by atoms with Gasteiger partial charge in [0, 0.05) is 18.8 Å². The molecule has 1 aliphatic rings. The fourth-order valence-corrected chi connectivity index (χ4v) is 7.33. The van der Waals surface area contributed by atoms with Gasteiger partial charge in [-0.3, -0.25) is 9.10 Å². The first kappa shape index (κ1) is 28.6. The molecule has 1 amide bonds. The number of ether oxygens (including phenoxy) is 2. The lowest BCUT2D eigenvalue weighted by atomic mass is 10.1. The number of nitrogens with zero attached hydrogens (tertiary/aromatic N) is 2. The smallest absolute Gasteiger partial charge is 0.264 e. The summed E-state index contributed by atoms with van der Waals surface area (Å²) in [4.78, 5) is 13.2. The standard InChI is InChI=1S/C27H31N3O7S2/c1-20-8-7-11-24(21(20)2)30(38(32,33)23-9-5-4-6-10-23)19-27(31)28-22-12-13-25(36-3)26(18-22)39(34,35)29-14-16-37-17-15-29/h4-13,18H,14-17,19H2,1-3H3,(H,28,31). The molecule has 10 nitrogen and oxygen atoms in total. The van der Waals surface area contributed by atoms with E-state index in [-0.39, 0.29) is 47.5 Å². The Morgan fingerprint density at radius 3 is 2.33 bits per heavy atom. The summed E-state index contributed by atoms with van der Waals surface area (Å²) < 4.78 is 66.9. The van der Waals surface area contributed by atoms with Gasteiger partial charge in [0.1, 0.15) is 17.2 Å². The zero-order chi connectivity index (χ0) is 28.2. The zero-order valence-electron chi connectivity index (χ0n) is 22.0. The average molecular weight is 574 g/mol. The molecule has 1 saturated heterocycles. The van der Waals surface area contributed by atoms with Crippen molar-refractivity contribution >= 4 is 37.3 Å². The van der Waals surface area contributed by atoms with Crippen LogP contribution in [-0.2, 0) is 29.6 Å². The van der Waals surface area contributed by atoms with E-state index >= 15 is 0 Å². The fourth-order valence-electron chi connectivity index (χ4n) is 4.24. The zero-order valence-corrected chi connectivity index (χ0v) is 23.6. The van der Waals surface area contributed by atoms with Crippen LogP contribution in [0.2, 0.25) is 0 Å². The highest BCUT2D eigenvalue weighted by Gasteiger charge is 2.31. The van der Waals surface area contributed by atoms with Gasteiger partial charge in [-0.2, -0.15) is 4.31 Å². The minimum absolute atomic E-state index is 0.0436. The van der Waals surface area contributed by atoms with Crippen LogP contribution in [0, 0.1) is 13.8 Å². The van der Waals surface area contributed by atoms with Crippen LogP contribution in [-0.4, -0.2) is 67.0 Å². The molecule has 0 spiro atoms. The SMILES string of the molecule is COc1ccc(NC(=O)CN(c2cccc(C)c2C)S(=O)(=O)c2ccccc2)cc1S(=O)(=O)N1CCOCC1. The van der Waals surface area contributed by atoms with Crippen molar-refractivity contribution in [3.05, 3.63) is 77.9 Å². The molecule has 0 atom stereocenters. The number of carbonyl (C=O) groups is 1. The number of nitrogens with one attached hydrogen (secondary N) is 1. The first-order chi connectivity index (χ1) is 18.6. The third-order valence-corrected chi connectivity index (χ3v) is 10.2. The highest BCUT2D eigenvalue weighted by atomic mass is 32.2. The number of benzene rings is 3. The summed E-state index contributed by atoms with van der Waals surface area (Å²) >= 11 is 0. The Labute approximate surface area is 229 Å². The van der Waals surface area contributed by atoms with Gasteiger partial charge >= 0.3 is 0 Å². The lowest BCUT2D eigenvalue weighted by molar-refractivity contribution is -0.114. The number of methoxy groups -OCH3 is 1. The second-order valence-electron chi connectivity index (χ2n) is 8.97. The van der Waals surface area contributed by atoms with Gasteiger partial charge < -0.3 is 14.8 Å². The van der Waals surface area contributed by atoms with Gasteiger partial charge in [0.05, 0.1) is 30.9 Å². The maximum atomic E-state index is 13.7. The predicted molar refractivity (Wildman–Crippen MR) is 148 cm³/mol. The van der Waals surface area contributed by atoms with Gasteiger partial charge in [-0.15, -0.1) is 0 Å². The molecule has 1 N–H and O–H groups in total. The number of amides is 1. The second-order valence-corrected chi connectivity index (χ2v) is 12.7. The Balaban J connectivity index is 1.66. The molecule has 3 aromatic carbocycles. The Bertz CT molecular complexity index is 1550. The number of hydrogen-bond donors (Lipinski definition) is 1. The van der Waals surface area contributed by atoms with Crippen LogP contribution in [0.1, 0.15) is 11.1 Å². The van der Waals surface area contributed by atoms with Crippen molar-refractivity contribution in [1.82, 2.24) is 4.31 Å². The highest BCUT2D eigenvalue weighted by molar-refractivity contribution is 7.92. The summed E-state index contributed by atoms with van der Waals surface area (Å²) in [7, 11) is -6.66. The van der Waals surface area contributed by atoms with Crippen molar-refractivity contribution in [2.24, 2.45) is 0 Å². The summed E-state index contributed by atoms with van der Waals surface area (Å²) in [5.41, 5.74) is 2.15. The van der Waals surface area contributed by atoms with Crippen molar-refractivity contribution in [2.45, 2.75) is 23.6 Å². The molecule has 39 heavy (non-hydrogen) atoms. The molecular formula is C27H31N3O7S2. The molecule has 3 aromatic rings. The average Bonchev–Trinajstić information content (AvgIpc) is 2.94. The Morgan fingerprint density at radius 1 is 0.974 bits per heavy atom. The first-order valence-corrected chi connectivity index (χ1v) is 15.1. The van der Waals surface area contributed by atoms with Crippen LogP contribution in [0.25, 0.3) is 0 Å². The quantitative estimate of drug-likeness (QED) is 0.417. The maximum Gasteiger partial charge on any atom is 0.264 e. The largest absolute Gasteiger partial charge is 0.495 e. The number of aryl methyl sites for hydroxylation is 1. The molecule has 0 radical (unpaired) electrons. The molecule has 0 aromatic heterocycles. The summed E-state index contributed by atoms with van der Waals surface area (Å²) in [6, 6.07) is 17.4. The van der Waals surface area contributed by atoms with E-state index in [0.29, 0.717) is 11.3 Å². The normalized spacial score (nSPS) is 14.5. The van der Waals surface area contributed by atoms with Gasteiger partial charge in [0.2, 0.25) is 15.9 Å². The summed E-state index contributed by atoms with van der Waals surface area (Å²) in [5.74, 6) is -0.515. The monoisotopic (exact) mass is 573 g/mol. The third-order valence-electron chi connectivity index (χ3n) is 6.50. The van der Waals surface area contributed by atoms with Crippen LogP contribution < -0.4 is 14.4 Å². The number of carbonyl (C=O) groups excluding carboxylic acids is 1. The van der Waals surface area contributed by atoms with E-state index in [1.54, 1.807) is 37.3 Å². The van der Waals surface area contributed by atoms with Gasteiger partial charge in [0.15, 0.2) is 0 Å². The molecule has 4 rings (SSSR count). The number of morpholine rings is 1. The Kier molecular flexibility index (Phi) is 8.60.